The summed E-state index contributed by atoms with van der Waals surface area (Å²) in [7, 11) is 0. The van der Waals surface area contributed by atoms with Crippen LogP contribution in [0.5, 0.6) is 0 Å². The van der Waals surface area contributed by atoms with E-state index >= 15 is 0 Å². The van der Waals surface area contributed by atoms with E-state index in [1.165, 1.54) is 18.2 Å². The fraction of sp³-hybridized carbons (Fsp3) is 0.0714. The number of halogens is 3. The molecule has 0 bridgehead atoms. The van der Waals surface area contributed by atoms with Gasteiger partial charge in [-0.2, -0.15) is 5.26 Å². The molecule has 1 N–H and O–H groups in total. The zero-order valence-corrected chi connectivity index (χ0v) is 11.9. The lowest BCUT2D eigenvalue weighted by molar-refractivity contribution is 0.612. The van der Waals surface area contributed by atoms with Crippen molar-refractivity contribution >= 4 is 28.3 Å². The van der Waals surface area contributed by atoms with Gasteiger partial charge in [0.15, 0.2) is 0 Å². The van der Waals surface area contributed by atoms with Gasteiger partial charge in [-0.1, -0.05) is 6.07 Å². The minimum atomic E-state index is -0.427. The topological polar surface area (TPSA) is 35.8 Å². The van der Waals surface area contributed by atoms with Gasteiger partial charge in [0.1, 0.15) is 11.6 Å². The van der Waals surface area contributed by atoms with E-state index in [0.717, 1.165) is 9.26 Å². The summed E-state index contributed by atoms with van der Waals surface area (Å²) in [6.45, 7) is 0.277. The van der Waals surface area contributed by atoms with Crippen LogP contribution >= 0.6 is 22.6 Å². The lowest BCUT2D eigenvalue weighted by atomic mass is 10.1. The van der Waals surface area contributed by atoms with Crippen LogP contribution in [0.3, 0.4) is 0 Å². The molecule has 0 aromatic heterocycles. The second kappa shape index (κ2) is 5.97. The number of benzene rings is 2. The maximum atomic E-state index is 13.7. The number of hydrogen-bond donors (Lipinski definition) is 1. The van der Waals surface area contributed by atoms with Crippen LogP contribution in [-0.2, 0) is 6.54 Å². The predicted octanol–water partition coefficient (Wildman–Crippen LogP) is 4.05. The fourth-order valence-electron chi connectivity index (χ4n) is 1.58. The Morgan fingerprint density at radius 1 is 1.16 bits per heavy atom. The van der Waals surface area contributed by atoms with E-state index in [1.807, 2.05) is 28.7 Å². The van der Waals surface area contributed by atoms with Gasteiger partial charge in [-0.05, 0) is 52.9 Å². The molecule has 0 atom stereocenters. The van der Waals surface area contributed by atoms with Gasteiger partial charge in [-0.15, -0.1) is 0 Å². The molecule has 0 aliphatic heterocycles. The third-order valence-electron chi connectivity index (χ3n) is 2.58. The molecule has 96 valence electrons. The molecule has 2 nitrogen and oxygen atoms in total. The van der Waals surface area contributed by atoms with Crippen LogP contribution in [0.25, 0.3) is 0 Å². The first-order valence-corrected chi connectivity index (χ1v) is 6.55. The van der Waals surface area contributed by atoms with Crippen molar-refractivity contribution < 1.29 is 8.78 Å². The Bertz CT molecular complexity index is 650. The van der Waals surface area contributed by atoms with Gasteiger partial charge in [-0.3, -0.25) is 0 Å². The average molecular weight is 370 g/mol. The molecule has 0 fully saturated rings. The highest BCUT2D eigenvalue weighted by Gasteiger charge is 2.05. The number of hydrogen-bond acceptors (Lipinski definition) is 2. The van der Waals surface area contributed by atoms with Gasteiger partial charge in [0.25, 0.3) is 0 Å². The van der Waals surface area contributed by atoms with Crippen LogP contribution in [0.2, 0.25) is 0 Å². The average Bonchev–Trinajstić information content (AvgIpc) is 2.39. The molecule has 0 heterocycles. The van der Waals surface area contributed by atoms with Gasteiger partial charge in [0.2, 0.25) is 0 Å². The summed E-state index contributed by atoms with van der Waals surface area (Å²) in [5, 5.41) is 11.7. The van der Waals surface area contributed by atoms with Crippen molar-refractivity contribution in [1.82, 2.24) is 0 Å². The minimum Gasteiger partial charge on any atom is -0.380 e. The number of nitriles is 1. The van der Waals surface area contributed by atoms with Crippen LogP contribution in [0.4, 0.5) is 14.5 Å². The summed E-state index contributed by atoms with van der Waals surface area (Å²) < 4.78 is 27.3. The second-order valence-electron chi connectivity index (χ2n) is 3.90. The first-order valence-electron chi connectivity index (χ1n) is 5.47. The van der Waals surface area contributed by atoms with Crippen molar-refractivity contribution in [2.24, 2.45) is 0 Å². The molecular formula is C14H9F2IN2. The summed E-state index contributed by atoms with van der Waals surface area (Å²) in [6.07, 6.45) is 0. The molecule has 0 spiro atoms. The Hall–Kier alpha value is -1.68. The normalized spacial score (nSPS) is 10.0. The molecule has 0 amide bonds. The summed E-state index contributed by atoms with van der Waals surface area (Å²) in [6, 6.07) is 10.6. The Morgan fingerprint density at radius 3 is 2.58 bits per heavy atom. The smallest absolute Gasteiger partial charge is 0.129 e. The van der Waals surface area contributed by atoms with Crippen molar-refractivity contribution in [2.75, 3.05) is 5.32 Å². The first kappa shape index (κ1) is 13.7. The summed E-state index contributed by atoms with van der Waals surface area (Å²) >= 11 is 2.01. The zero-order chi connectivity index (χ0) is 13.8. The molecule has 0 saturated heterocycles. The largest absolute Gasteiger partial charge is 0.380 e. The van der Waals surface area contributed by atoms with Crippen LogP contribution < -0.4 is 5.32 Å². The van der Waals surface area contributed by atoms with E-state index in [-0.39, 0.29) is 17.9 Å². The van der Waals surface area contributed by atoms with Crippen molar-refractivity contribution in [3.63, 3.8) is 0 Å². The third kappa shape index (κ3) is 3.41. The Morgan fingerprint density at radius 2 is 1.95 bits per heavy atom. The van der Waals surface area contributed by atoms with E-state index in [0.29, 0.717) is 5.56 Å². The Labute approximate surface area is 123 Å². The number of anilines is 1. The second-order valence-corrected chi connectivity index (χ2v) is 5.06. The molecule has 5 heteroatoms. The third-order valence-corrected chi connectivity index (χ3v) is 3.48. The predicted molar refractivity (Wildman–Crippen MR) is 77.6 cm³/mol. The van der Waals surface area contributed by atoms with Crippen molar-refractivity contribution in [3.8, 4) is 6.07 Å². The highest BCUT2D eigenvalue weighted by molar-refractivity contribution is 14.1. The van der Waals surface area contributed by atoms with Crippen molar-refractivity contribution in [3.05, 3.63) is 62.7 Å². The standard InChI is InChI=1S/C14H9F2IN2/c15-11-3-4-14(13(17)6-11)19-8-10-2-1-9(7-18)5-12(10)16/h1-6,19H,8H2. The van der Waals surface area contributed by atoms with Gasteiger partial charge in [0, 0.05) is 21.4 Å². The van der Waals surface area contributed by atoms with Gasteiger partial charge >= 0.3 is 0 Å². The molecule has 2 aromatic carbocycles. The van der Waals surface area contributed by atoms with Gasteiger partial charge in [-0.25, -0.2) is 8.78 Å². The minimum absolute atomic E-state index is 0.277. The molecule has 0 aliphatic rings. The molecule has 19 heavy (non-hydrogen) atoms. The lowest BCUT2D eigenvalue weighted by Crippen LogP contribution is -2.03. The quantitative estimate of drug-likeness (QED) is 0.828. The molecule has 0 radical (unpaired) electrons. The Balaban J connectivity index is 2.13. The maximum Gasteiger partial charge on any atom is 0.129 e. The van der Waals surface area contributed by atoms with Crippen molar-refractivity contribution in [2.45, 2.75) is 6.54 Å². The lowest BCUT2D eigenvalue weighted by Gasteiger charge is -2.09. The number of rotatable bonds is 3. The number of nitrogens with zero attached hydrogens (tertiary/aromatic N) is 1. The van der Waals surface area contributed by atoms with Gasteiger partial charge < -0.3 is 5.32 Å². The van der Waals surface area contributed by atoms with Crippen LogP contribution in [-0.4, -0.2) is 0 Å². The fourth-order valence-corrected chi connectivity index (χ4v) is 2.25. The number of nitrogens with one attached hydrogen (secondary N) is 1. The molecule has 0 unspecified atom stereocenters. The first-order chi connectivity index (χ1) is 9.10. The zero-order valence-electron chi connectivity index (χ0n) is 9.75. The SMILES string of the molecule is N#Cc1ccc(CNc2ccc(F)cc2I)c(F)c1. The highest BCUT2D eigenvalue weighted by atomic mass is 127. The molecule has 2 rings (SSSR count). The van der Waals surface area contributed by atoms with E-state index < -0.39 is 5.82 Å². The summed E-state index contributed by atoms with van der Waals surface area (Å²) in [5.41, 5.74) is 1.49. The summed E-state index contributed by atoms with van der Waals surface area (Å²) in [4.78, 5) is 0. The molecule has 2 aromatic rings. The van der Waals surface area contributed by atoms with E-state index in [2.05, 4.69) is 5.32 Å². The van der Waals surface area contributed by atoms with E-state index in [4.69, 9.17) is 5.26 Å². The Kier molecular flexibility index (Phi) is 4.32. The van der Waals surface area contributed by atoms with Gasteiger partial charge in [0.05, 0.1) is 11.6 Å². The molecular weight excluding hydrogens is 361 g/mol. The van der Waals surface area contributed by atoms with Crippen LogP contribution in [0.1, 0.15) is 11.1 Å². The molecule has 0 saturated carbocycles. The van der Waals surface area contributed by atoms with E-state index in [1.54, 1.807) is 18.2 Å². The maximum absolute atomic E-state index is 13.7. The summed E-state index contributed by atoms with van der Waals surface area (Å²) in [5.74, 6) is -0.733. The van der Waals surface area contributed by atoms with Crippen LogP contribution in [0.15, 0.2) is 36.4 Å². The molecule has 0 aliphatic carbocycles. The van der Waals surface area contributed by atoms with E-state index in [9.17, 15) is 8.78 Å². The van der Waals surface area contributed by atoms with Crippen molar-refractivity contribution in [1.29, 1.82) is 5.26 Å². The van der Waals surface area contributed by atoms with Crippen LogP contribution in [0, 0.1) is 26.5 Å². The monoisotopic (exact) mass is 370 g/mol. The highest BCUT2D eigenvalue weighted by Crippen LogP contribution is 2.20.